The molecule has 0 fully saturated rings. The maximum atomic E-state index is 12.7. The third-order valence-electron chi connectivity index (χ3n) is 4.53. The lowest BCUT2D eigenvalue weighted by Crippen LogP contribution is -2.16. The molecule has 0 spiro atoms. The Morgan fingerprint density at radius 1 is 0.962 bits per heavy atom. The van der Waals surface area contributed by atoms with Crippen molar-refractivity contribution >= 4 is 11.6 Å². The van der Waals surface area contributed by atoms with E-state index in [1.54, 1.807) is 0 Å². The first-order valence-corrected chi connectivity index (χ1v) is 9.57. The summed E-state index contributed by atoms with van der Waals surface area (Å²) < 4.78 is 5.66. The van der Waals surface area contributed by atoms with E-state index in [1.165, 1.54) is 11.1 Å². The van der Waals surface area contributed by atoms with Gasteiger partial charge in [-0.3, -0.25) is 4.79 Å². The zero-order chi connectivity index (χ0) is 19.1. The van der Waals surface area contributed by atoms with E-state index in [1.807, 2.05) is 31.2 Å². The van der Waals surface area contributed by atoms with Gasteiger partial charge in [0.1, 0.15) is 5.75 Å². The van der Waals surface area contributed by atoms with Crippen LogP contribution in [-0.2, 0) is 11.2 Å². The van der Waals surface area contributed by atoms with E-state index in [0.717, 1.165) is 17.0 Å². The fraction of sp³-hybridized carbons (Fsp3) is 0.435. The van der Waals surface area contributed by atoms with Crippen LogP contribution in [0, 0.1) is 0 Å². The van der Waals surface area contributed by atoms with Crippen LogP contribution in [0.5, 0.6) is 5.75 Å². The predicted molar refractivity (Wildman–Crippen MR) is 109 cm³/mol. The minimum atomic E-state index is 0.0475. The number of rotatable bonds is 8. The summed E-state index contributed by atoms with van der Waals surface area (Å²) >= 11 is 0. The normalized spacial score (nSPS) is 11.0. The van der Waals surface area contributed by atoms with Crippen molar-refractivity contribution in [1.29, 1.82) is 0 Å². The Labute approximate surface area is 157 Å². The molecule has 0 atom stereocenters. The summed E-state index contributed by atoms with van der Waals surface area (Å²) in [5.74, 6) is 1.64. The lowest BCUT2D eigenvalue weighted by atomic mass is 9.92. The zero-order valence-corrected chi connectivity index (χ0v) is 16.6. The molecule has 0 unspecified atom stereocenters. The Balaban J connectivity index is 2.13. The molecule has 3 nitrogen and oxygen atoms in total. The van der Waals surface area contributed by atoms with Crippen LogP contribution < -0.4 is 10.1 Å². The molecule has 1 N–H and O–H groups in total. The number of para-hydroxylation sites is 2. The predicted octanol–water partition coefficient (Wildman–Crippen LogP) is 5.90. The van der Waals surface area contributed by atoms with Crippen LogP contribution in [0.2, 0.25) is 0 Å². The van der Waals surface area contributed by atoms with Gasteiger partial charge >= 0.3 is 0 Å². The molecule has 0 heterocycles. The van der Waals surface area contributed by atoms with Crippen LogP contribution in [0.3, 0.4) is 0 Å². The number of nitrogens with one attached hydrogen (secondary N) is 1. The molecule has 2 aromatic rings. The Hall–Kier alpha value is -2.29. The second-order valence-electron chi connectivity index (χ2n) is 7.21. The van der Waals surface area contributed by atoms with Crippen molar-refractivity contribution in [3.05, 3.63) is 59.2 Å². The first-order valence-electron chi connectivity index (χ1n) is 9.57. The Bertz CT molecular complexity index is 708. The lowest BCUT2D eigenvalue weighted by Gasteiger charge is -2.20. The topological polar surface area (TPSA) is 38.3 Å². The molecule has 3 heteroatoms. The molecule has 0 radical (unpaired) electrons. The van der Waals surface area contributed by atoms with Crippen LogP contribution in [0.15, 0.2) is 42.5 Å². The van der Waals surface area contributed by atoms with Crippen LogP contribution >= 0.6 is 0 Å². The fourth-order valence-electron chi connectivity index (χ4n) is 3.15. The average molecular weight is 354 g/mol. The van der Waals surface area contributed by atoms with Gasteiger partial charge in [-0.25, -0.2) is 0 Å². The number of ether oxygens (including phenoxy) is 1. The van der Waals surface area contributed by atoms with Crippen molar-refractivity contribution in [1.82, 2.24) is 0 Å². The number of hydrogen-bond acceptors (Lipinski definition) is 2. The Morgan fingerprint density at radius 2 is 1.58 bits per heavy atom. The van der Waals surface area contributed by atoms with Gasteiger partial charge in [0.25, 0.3) is 0 Å². The third kappa shape index (κ3) is 5.10. The lowest BCUT2D eigenvalue weighted by molar-refractivity contribution is -0.116. The number of hydrogen-bond donors (Lipinski definition) is 1. The minimum absolute atomic E-state index is 0.0475. The minimum Gasteiger partial charge on any atom is -0.494 e. The summed E-state index contributed by atoms with van der Waals surface area (Å²) in [7, 11) is 0. The van der Waals surface area contributed by atoms with E-state index >= 15 is 0 Å². The number of aryl methyl sites for hydroxylation is 1. The quantitative estimate of drug-likeness (QED) is 0.641. The van der Waals surface area contributed by atoms with Crippen molar-refractivity contribution in [3.63, 3.8) is 0 Å². The largest absolute Gasteiger partial charge is 0.494 e. The van der Waals surface area contributed by atoms with Gasteiger partial charge in [-0.05, 0) is 47.9 Å². The van der Waals surface area contributed by atoms with Gasteiger partial charge < -0.3 is 10.1 Å². The molecular weight excluding hydrogens is 322 g/mol. The highest BCUT2D eigenvalue weighted by Crippen LogP contribution is 2.32. The van der Waals surface area contributed by atoms with Crippen molar-refractivity contribution in [2.45, 2.75) is 59.3 Å². The Morgan fingerprint density at radius 3 is 2.15 bits per heavy atom. The van der Waals surface area contributed by atoms with Gasteiger partial charge in [0.05, 0.1) is 6.61 Å². The van der Waals surface area contributed by atoms with E-state index in [4.69, 9.17) is 4.74 Å². The second kappa shape index (κ2) is 9.42. The fourth-order valence-corrected chi connectivity index (χ4v) is 3.15. The molecule has 140 valence electrons. The number of carbonyl (C=O) groups is 1. The molecule has 0 aliphatic carbocycles. The van der Waals surface area contributed by atoms with Crippen molar-refractivity contribution in [2.24, 2.45) is 0 Å². The highest BCUT2D eigenvalue weighted by atomic mass is 16.5. The molecule has 0 saturated heterocycles. The van der Waals surface area contributed by atoms with Crippen LogP contribution in [-0.4, -0.2) is 12.5 Å². The summed E-state index contributed by atoms with van der Waals surface area (Å²) in [6.07, 6.45) is 1.11. The molecule has 2 rings (SSSR count). The number of carbonyl (C=O) groups excluding carboxylic acids is 1. The summed E-state index contributed by atoms with van der Waals surface area (Å²) in [4.78, 5) is 12.7. The summed E-state index contributed by atoms with van der Waals surface area (Å²) in [6, 6.07) is 14.2. The number of anilines is 1. The van der Waals surface area contributed by atoms with E-state index in [-0.39, 0.29) is 5.91 Å². The van der Waals surface area contributed by atoms with E-state index < -0.39 is 0 Å². The van der Waals surface area contributed by atoms with Crippen molar-refractivity contribution in [2.75, 3.05) is 11.9 Å². The average Bonchev–Trinajstić information content (AvgIpc) is 2.61. The van der Waals surface area contributed by atoms with Gasteiger partial charge in [0.2, 0.25) is 5.91 Å². The number of amides is 1. The highest BCUT2D eigenvalue weighted by molar-refractivity contribution is 5.92. The van der Waals surface area contributed by atoms with Crippen LogP contribution in [0.1, 0.15) is 69.6 Å². The SMILES string of the molecule is CCOc1ccccc1CCC(=O)Nc1c(C(C)C)cccc1C(C)C. The monoisotopic (exact) mass is 353 g/mol. The molecule has 26 heavy (non-hydrogen) atoms. The molecule has 0 aromatic heterocycles. The molecular formula is C23H31NO2. The molecule has 2 aromatic carbocycles. The first kappa shape index (κ1) is 20.0. The standard InChI is InChI=1S/C23H31NO2/c1-6-26-21-13-8-7-10-18(21)14-15-22(25)24-23-19(16(2)3)11-9-12-20(23)17(4)5/h7-13,16-17H,6,14-15H2,1-5H3,(H,24,25). The zero-order valence-electron chi connectivity index (χ0n) is 16.6. The highest BCUT2D eigenvalue weighted by Gasteiger charge is 2.16. The first-order chi connectivity index (χ1) is 12.4. The van der Waals surface area contributed by atoms with Crippen molar-refractivity contribution < 1.29 is 9.53 Å². The maximum absolute atomic E-state index is 12.7. The summed E-state index contributed by atoms with van der Waals surface area (Å²) in [5, 5.41) is 3.18. The molecule has 0 saturated carbocycles. The second-order valence-corrected chi connectivity index (χ2v) is 7.21. The molecule has 0 aliphatic rings. The van der Waals surface area contributed by atoms with Crippen molar-refractivity contribution in [3.8, 4) is 5.75 Å². The molecule has 0 bridgehead atoms. The van der Waals surface area contributed by atoms with Crippen LogP contribution in [0.25, 0.3) is 0 Å². The van der Waals surface area contributed by atoms with E-state index in [0.29, 0.717) is 31.3 Å². The summed E-state index contributed by atoms with van der Waals surface area (Å²) in [5.41, 5.74) is 4.45. The van der Waals surface area contributed by atoms with E-state index in [9.17, 15) is 4.79 Å². The van der Waals surface area contributed by atoms with Crippen LogP contribution in [0.4, 0.5) is 5.69 Å². The van der Waals surface area contributed by atoms with Gasteiger partial charge in [-0.1, -0.05) is 64.1 Å². The van der Waals surface area contributed by atoms with E-state index in [2.05, 4.69) is 51.2 Å². The molecule has 0 aliphatic heterocycles. The van der Waals surface area contributed by atoms with Gasteiger partial charge in [-0.15, -0.1) is 0 Å². The molecule has 1 amide bonds. The maximum Gasteiger partial charge on any atom is 0.224 e. The third-order valence-corrected chi connectivity index (χ3v) is 4.53. The smallest absolute Gasteiger partial charge is 0.224 e. The van der Waals surface area contributed by atoms with Gasteiger partial charge in [0, 0.05) is 12.1 Å². The number of benzene rings is 2. The summed E-state index contributed by atoms with van der Waals surface area (Å²) in [6.45, 7) is 11.2. The van der Waals surface area contributed by atoms with Gasteiger partial charge in [-0.2, -0.15) is 0 Å². The van der Waals surface area contributed by atoms with Gasteiger partial charge in [0.15, 0.2) is 0 Å². The Kier molecular flexibility index (Phi) is 7.26.